The van der Waals surface area contributed by atoms with Crippen molar-refractivity contribution in [1.29, 1.82) is 0 Å². The van der Waals surface area contributed by atoms with Crippen LogP contribution in [-0.2, 0) is 4.74 Å². The Morgan fingerprint density at radius 1 is 1.39 bits per heavy atom. The Kier molecular flexibility index (Phi) is 6.48. The Morgan fingerprint density at radius 2 is 2.04 bits per heavy atom. The maximum absolute atomic E-state index is 14.1. The second-order valence-corrected chi connectivity index (χ2v) is 7.52. The summed E-state index contributed by atoms with van der Waals surface area (Å²) in [6.45, 7) is 4.64. The number of thiol groups is 1. The van der Waals surface area contributed by atoms with Crippen LogP contribution in [0.15, 0.2) is 24.3 Å². The Balaban J connectivity index is 2.00. The molecule has 0 bridgehead atoms. The predicted molar refractivity (Wildman–Crippen MR) is 94.4 cm³/mol. The Labute approximate surface area is 144 Å². The fraction of sp³-hybridized carbons (Fsp3) is 0.667. The van der Waals surface area contributed by atoms with Gasteiger partial charge in [-0.05, 0) is 51.6 Å². The summed E-state index contributed by atoms with van der Waals surface area (Å²) < 4.78 is 19.6. The maximum Gasteiger partial charge on any atom is 0.128 e. The molecule has 3 unspecified atom stereocenters. The van der Waals surface area contributed by atoms with Crippen LogP contribution >= 0.6 is 12.6 Å². The first-order chi connectivity index (χ1) is 10.9. The van der Waals surface area contributed by atoms with E-state index in [0.717, 1.165) is 19.3 Å². The summed E-state index contributed by atoms with van der Waals surface area (Å²) in [5, 5.41) is 13.9. The van der Waals surface area contributed by atoms with E-state index in [1.54, 1.807) is 19.2 Å². The predicted octanol–water partition coefficient (Wildman–Crippen LogP) is 3.34. The van der Waals surface area contributed by atoms with Crippen molar-refractivity contribution in [2.24, 2.45) is 5.92 Å². The second-order valence-electron chi connectivity index (χ2n) is 6.89. The minimum absolute atomic E-state index is 0.0549. The van der Waals surface area contributed by atoms with Crippen LogP contribution in [0.4, 0.5) is 4.39 Å². The second kappa shape index (κ2) is 7.97. The lowest BCUT2D eigenvalue weighted by Gasteiger charge is -2.31. The van der Waals surface area contributed by atoms with Gasteiger partial charge in [0.2, 0.25) is 0 Å². The molecule has 0 aliphatic heterocycles. The molecule has 23 heavy (non-hydrogen) atoms. The van der Waals surface area contributed by atoms with Gasteiger partial charge in [-0.3, -0.25) is 0 Å². The first kappa shape index (κ1) is 18.7. The lowest BCUT2D eigenvalue weighted by Crippen LogP contribution is -2.39. The first-order valence-corrected chi connectivity index (χ1v) is 8.77. The molecule has 3 nitrogen and oxygen atoms in total. The number of halogens is 1. The Bertz CT molecular complexity index is 508. The topological polar surface area (TPSA) is 41.5 Å². The lowest BCUT2D eigenvalue weighted by atomic mass is 9.96. The van der Waals surface area contributed by atoms with Gasteiger partial charge in [0.1, 0.15) is 5.82 Å². The van der Waals surface area contributed by atoms with E-state index in [1.165, 1.54) is 6.07 Å². The number of rotatable bonds is 9. The van der Waals surface area contributed by atoms with Gasteiger partial charge in [-0.25, -0.2) is 4.39 Å². The zero-order valence-corrected chi connectivity index (χ0v) is 15.0. The van der Waals surface area contributed by atoms with Gasteiger partial charge in [0.25, 0.3) is 0 Å². The highest BCUT2D eigenvalue weighted by Gasteiger charge is 2.37. The monoisotopic (exact) mass is 341 g/mol. The fourth-order valence-corrected chi connectivity index (χ4v) is 2.95. The summed E-state index contributed by atoms with van der Waals surface area (Å²) in [6.07, 6.45) is 2.24. The molecule has 1 saturated carbocycles. The fourth-order valence-electron chi connectivity index (χ4n) is 2.71. The SMILES string of the molecule is COC(C)(C)C(S)CCNC(c1ccccc1F)C(O)C1CC1. The molecule has 1 aromatic rings. The average molecular weight is 341 g/mol. The molecule has 2 N–H and O–H groups in total. The van der Waals surface area contributed by atoms with Gasteiger partial charge in [-0.1, -0.05) is 18.2 Å². The number of aliphatic hydroxyl groups is 1. The molecule has 1 fully saturated rings. The standard InChI is InChI=1S/C18H28FNO2S/c1-18(2,22-3)15(23)10-11-20-16(17(21)12-8-9-12)13-6-4-5-7-14(13)19/h4-7,12,15-17,20-21,23H,8-11H2,1-3H3. The number of benzene rings is 1. The van der Waals surface area contributed by atoms with Gasteiger partial charge in [0, 0.05) is 17.9 Å². The number of hydrogen-bond acceptors (Lipinski definition) is 4. The summed E-state index contributed by atoms with van der Waals surface area (Å²) >= 11 is 4.60. The Morgan fingerprint density at radius 3 is 2.61 bits per heavy atom. The number of hydrogen-bond donors (Lipinski definition) is 3. The van der Waals surface area contributed by atoms with Crippen molar-refractivity contribution in [3.8, 4) is 0 Å². The normalized spacial score (nSPS) is 19.4. The van der Waals surface area contributed by atoms with Crippen molar-refractivity contribution in [2.75, 3.05) is 13.7 Å². The number of ether oxygens (including phenoxy) is 1. The molecule has 3 atom stereocenters. The quantitative estimate of drug-likeness (QED) is 0.604. The number of aliphatic hydroxyl groups excluding tert-OH is 1. The van der Waals surface area contributed by atoms with Crippen LogP contribution in [0.3, 0.4) is 0 Å². The summed E-state index contributed by atoms with van der Waals surface area (Å²) in [4.78, 5) is 0. The van der Waals surface area contributed by atoms with Crippen molar-refractivity contribution >= 4 is 12.6 Å². The van der Waals surface area contributed by atoms with Crippen LogP contribution in [0, 0.1) is 11.7 Å². The molecule has 0 heterocycles. The van der Waals surface area contributed by atoms with Crippen molar-refractivity contribution in [1.82, 2.24) is 5.32 Å². The third kappa shape index (κ3) is 4.92. The minimum Gasteiger partial charge on any atom is -0.391 e. The van der Waals surface area contributed by atoms with Gasteiger partial charge >= 0.3 is 0 Å². The van der Waals surface area contributed by atoms with Gasteiger partial charge in [0.15, 0.2) is 0 Å². The summed E-state index contributed by atoms with van der Waals surface area (Å²) in [5.41, 5.74) is 0.210. The highest BCUT2D eigenvalue weighted by Crippen LogP contribution is 2.38. The van der Waals surface area contributed by atoms with Gasteiger partial charge in [-0.2, -0.15) is 12.6 Å². The van der Waals surface area contributed by atoms with Crippen LogP contribution < -0.4 is 5.32 Å². The minimum atomic E-state index is -0.555. The van der Waals surface area contributed by atoms with E-state index < -0.39 is 6.10 Å². The molecule has 0 radical (unpaired) electrons. The third-order valence-corrected chi connectivity index (χ3v) is 5.68. The van der Waals surface area contributed by atoms with E-state index >= 15 is 0 Å². The molecular weight excluding hydrogens is 313 g/mol. The molecule has 0 aromatic heterocycles. The smallest absolute Gasteiger partial charge is 0.128 e. The van der Waals surface area contributed by atoms with Gasteiger partial charge < -0.3 is 15.2 Å². The van der Waals surface area contributed by atoms with Gasteiger partial charge in [0.05, 0.1) is 17.7 Å². The summed E-state index contributed by atoms with van der Waals surface area (Å²) in [5.74, 6) is -0.00124. The number of methoxy groups -OCH3 is 1. The van der Waals surface area contributed by atoms with E-state index in [2.05, 4.69) is 17.9 Å². The van der Waals surface area contributed by atoms with Crippen LogP contribution in [0.25, 0.3) is 0 Å². The average Bonchev–Trinajstić information content (AvgIpc) is 3.36. The van der Waals surface area contributed by atoms with Crippen LogP contribution in [0.1, 0.15) is 44.7 Å². The Hall–Kier alpha value is -0.620. The molecule has 130 valence electrons. The zero-order valence-electron chi connectivity index (χ0n) is 14.1. The molecule has 0 spiro atoms. The van der Waals surface area contributed by atoms with E-state index in [-0.39, 0.29) is 28.6 Å². The van der Waals surface area contributed by atoms with E-state index in [4.69, 9.17) is 4.74 Å². The molecule has 1 aromatic carbocycles. The highest BCUT2D eigenvalue weighted by molar-refractivity contribution is 7.81. The molecule has 2 rings (SSSR count). The summed E-state index contributed by atoms with van der Waals surface area (Å²) in [6, 6.07) is 6.29. The van der Waals surface area contributed by atoms with E-state index in [0.29, 0.717) is 12.1 Å². The number of nitrogens with one attached hydrogen (secondary N) is 1. The van der Waals surface area contributed by atoms with Crippen molar-refractivity contribution in [2.45, 2.75) is 56.1 Å². The van der Waals surface area contributed by atoms with E-state index in [1.807, 2.05) is 19.9 Å². The van der Waals surface area contributed by atoms with Crippen molar-refractivity contribution in [3.05, 3.63) is 35.6 Å². The van der Waals surface area contributed by atoms with Crippen LogP contribution in [-0.4, -0.2) is 35.7 Å². The van der Waals surface area contributed by atoms with Crippen LogP contribution in [0.5, 0.6) is 0 Å². The molecule has 1 aliphatic carbocycles. The first-order valence-electron chi connectivity index (χ1n) is 8.26. The van der Waals surface area contributed by atoms with E-state index in [9.17, 15) is 9.50 Å². The molecule has 1 aliphatic rings. The van der Waals surface area contributed by atoms with Crippen molar-refractivity contribution < 1.29 is 14.2 Å². The molecule has 0 saturated heterocycles. The van der Waals surface area contributed by atoms with Gasteiger partial charge in [-0.15, -0.1) is 0 Å². The third-order valence-electron chi connectivity index (χ3n) is 4.80. The largest absolute Gasteiger partial charge is 0.391 e. The molecule has 0 amide bonds. The molecular formula is C18H28FNO2S. The molecule has 5 heteroatoms. The van der Waals surface area contributed by atoms with Crippen LogP contribution in [0.2, 0.25) is 0 Å². The highest BCUT2D eigenvalue weighted by atomic mass is 32.1. The maximum atomic E-state index is 14.1. The zero-order chi connectivity index (χ0) is 17.0. The summed E-state index contributed by atoms with van der Waals surface area (Å²) in [7, 11) is 1.68. The van der Waals surface area contributed by atoms with Crippen molar-refractivity contribution in [3.63, 3.8) is 0 Å². The lowest BCUT2D eigenvalue weighted by molar-refractivity contribution is 0.0192.